The molecule has 120 valence electrons. The van der Waals surface area contributed by atoms with Crippen LogP contribution >= 0.6 is 0 Å². The van der Waals surface area contributed by atoms with Crippen LogP contribution in [0.2, 0.25) is 0 Å². The van der Waals surface area contributed by atoms with Crippen molar-refractivity contribution >= 4 is 21.6 Å². The Morgan fingerprint density at radius 1 is 1.09 bits per heavy atom. The fourth-order valence-corrected chi connectivity index (χ4v) is 2.96. The third-order valence-corrected chi connectivity index (χ3v) is 4.53. The van der Waals surface area contributed by atoms with Crippen LogP contribution in [-0.2, 0) is 9.84 Å². The largest absolute Gasteiger partial charge is 0.385 e. The van der Waals surface area contributed by atoms with Crippen molar-refractivity contribution in [1.82, 2.24) is 5.43 Å². The van der Waals surface area contributed by atoms with Crippen molar-refractivity contribution in [3.8, 4) is 0 Å². The highest BCUT2D eigenvalue weighted by molar-refractivity contribution is 7.92. The highest BCUT2D eigenvalue weighted by Crippen LogP contribution is 2.09. The molecule has 2 aromatic carbocycles. The maximum atomic E-state index is 13.4. The predicted molar refractivity (Wildman–Crippen MR) is 84.0 cm³/mol. The summed E-state index contributed by atoms with van der Waals surface area (Å²) < 4.78 is 37.6. The topological polar surface area (TPSA) is 102 Å². The van der Waals surface area contributed by atoms with Crippen LogP contribution in [0.3, 0.4) is 0 Å². The Labute approximate surface area is 132 Å². The van der Waals surface area contributed by atoms with Gasteiger partial charge >= 0.3 is 0 Å². The molecular weight excluding hydrogens is 321 g/mol. The van der Waals surface area contributed by atoms with Crippen molar-refractivity contribution in [2.45, 2.75) is 4.90 Å². The maximum absolute atomic E-state index is 13.4. The lowest BCUT2D eigenvalue weighted by Crippen LogP contribution is -2.29. The highest BCUT2D eigenvalue weighted by Gasteiger charge is 2.16. The first kappa shape index (κ1) is 16.6. The van der Waals surface area contributed by atoms with Crippen LogP contribution in [0.5, 0.6) is 0 Å². The number of sulfone groups is 1. The number of nitrogens with one attached hydrogen (secondary N) is 1. The molecule has 0 aliphatic heterocycles. The standard InChI is InChI=1S/C15H14FN3O3S/c16-13-9-5-4-8-12(13)15(20)19-18-14(17)10-23(21,22)11-6-2-1-3-7-11/h1-9H,10H2,(H2,17,18)(H,19,20). The summed E-state index contributed by atoms with van der Waals surface area (Å²) in [4.78, 5) is 11.8. The summed E-state index contributed by atoms with van der Waals surface area (Å²) in [5.41, 5.74) is 7.34. The molecule has 0 atom stereocenters. The number of halogens is 1. The number of nitrogens with zero attached hydrogens (tertiary/aromatic N) is 1. The van der Waals surface area contributed by atoms with Gasteiger partial charge in [0.2, 0.25) is 0 Å². The number of hydrogen-bond acceptors (Lipinski definition) is 4. The van der Waals surface area contributed by atoms with Crippen LogP contribution in [0, 0.1) is 5.82 Å². The first-order valence-electron chi connectivity index (χ1n) is 6.55. The summed E-state index contributed by atoms with van der Waals surface area (Å²) in [6.45, 7) is 0. The SMILES string of the molecule is NC(CS(=O)(=O)c1ccccc1)=NNC(=O)c1ccccc1F. The van der Waals surface area contributed by atoms with E-state index in [1.807, 2.05) is 5.43 Å². The number of benzene rings is 2. The molecular formula is C15H14FN3O3S. The Balaban J connectivity index is 2.06. The van der Waals surface area contributed by atoms with E-state index in [4.69, 9.17) is 5.73 Å². The van der Waals surface area contributed by atoms with Gasteiger partial charge in [-0.1, -0.05) is 30.3 Å². The smallest absolute Gasteiger partial charge is 0.274 e. The Morgan fingerprint density at radius 2 is 1.70 bits per heavy atom. The molecule has 6 nitrogen and oxygen atoms in total. The average molecular weight is 335 g/mol. The molecule has 0 bridgehead atoms. The van der Waals surface area contributed by atoms with Crippen molar-refractivity contribution < 1.29 is 17.6 Å². The van der Waals surface area contributed by atoms with E-state index in [0.717, 1.165) is 6.07 Å². The van der Waals surface area contributed by atoms with E-state index in [2.05, 4.69) is 5.10 Å². The van der Waals surface area contributed by atoms with Crippen LogP contribution in [0.4, 0.5) is 4.39 Å². The van der Waals surface area contributed by atoms with Crippen molar-refractivity contribution in [2.24, 2.45) is 10.8 Å². The minimum Gasteiger partial charge on any atom is -0.385 e. The van der Waals surface area contributed by atoms with E-state index in [1.54, 1.807) is 18.2 Å². The van der Waals surface area contributed by atoms with Gasteiger partial charge in [0, 0.05) is 0 Å². The van der Waals surface area contributed by atoms with E-state index >= 15 is 0 Å². The Morgan fingerprint density at radius 3 is 2.35 bits per heavy atom. The van der Waals surface area contributed by atoms with Crippen LogP contribution in [-0.4, -0.2) is 25.9 Å². The van der Waals surface area contributed by atoms with Crippen molar-refractivity contribution in [1.29, 1.82) is 0 Å². The van der Waals surface area contributed by atoms with Gasteiger partial charge in [-0.05, 0) is 24.3 Å². The lowest BCUT2D eigenvalue weighted by molar-refractivity contribution is 0.0950. The summed E-state index contributed by atoms with van der Waals surface area (Å²) in [5, 5.41) is 3.50. The summed E-state index contributed by atoms with van der Waals surface area (Å²) in [6, 6.07) is 13.0. The van der Waals surface area contributed by atoms with Gasteiger partial charge in [0.05, 0.1) is 10.5 Å². The van der Waals surface area contributed by atoms with E-state index < -0.39 is 27.3 Å². The Bertz CT molecular complexity index is 836. The summed E-state index contributed by atoms with van der Waals surface area (Å²) in [7, 11) is -3.66. The van der Waals surface area contributed by atoms with E-state index in [-0.39, 0.29) is 16.3 Å². The van der Waals surface area contributed by atoms with Gasteiger partial charge in [-0.3, -0.25) is 4.79 Å². The van der Waals surface area contributed by atoms with Crippen LogP contribution in [0.1, 0.15) is 10.4 Å². The lowest BCUT2D eigenvalue weighted by atomic mass is 10.2. The molecule has 0 aliphatic carbocycles. The van der Waals surface area contributed by atoms with Gasteiger partial charge in [-0.25, -0.2) is 18.2 Å². The number of carbonyl (C=O) groups excluding carboxylic acids is 1. The van der Waals surface area contributed by atoms with Gasteiger partial charge in [-0.15, -0.1) is 0 Å². The Kier molecular flexibility index (Phi) is 5.07. The molecule has 2 rings (SSSR count). The molecule has 0 saturated heterocycles. The van der Waals surface area contributed by atoms with Gasteiger partial charge in [0.25, 0.3) is 5.91 Å². The van der Waals surface area contributed by atoms with Crippen LogP contribution in [0.15, 0.2) is 64.6 Å². The van der Waals surface area contributed by atoms with Gasteiger partial charge < -0.3 is 5.73 Å². The normalized spacial score (nSPS) is 12.0. The van der Waals surface area contributed by atoms with E-state index in [0.29, 0.717) is 0 Å². The molecule has 2 aromatic rings. The quantitative estimate of drug-likeness (QED) is 0.488. The third-order valence-electron chi connectivity index (χ3n) is 2.86. The predicted octanol–water partition coefficient (Wildman–Crippen LogP) is 1.30. The molecule has 3 N–H and O–H groups in total. The number of amidine groups is 1. The molecule has 23 heavy (non-hydrogen) atoms. The van der Waals surface area contributed by atoms with Crippen LogP contribution < -0.4 is 11.2 Å². The minimum absolute atomic E-state index is 0.0959. The average Bonchev–Trinajstić information content (AvgIpc) is 2.53. The number of amides is 1. The lowest BCUT2D eigenvalue weighted by Gasteiger charge is -2.05. The molecule has 0 unspecified atom stereocenters. The highest BCUT2D eigenvalue weighted by atomic mass is 32.2. The second kappa shape index (κ2) is 7.01. The first-order chi connectivity index (χ1) is 10.9. The summed E-state index contributed by atoms with van der Waals surface area (Å²) in [5.74, 6) is -2.40. The van der Waals surface area contributed by atoms with Crippen molar-refractivity contribution in [2.75, 3.05) is 5.75 Å². The number of hydrazone groups is 1. The maximum Gasteiger partial charge on any atom is 0.274 e. The minimum atomic E-state index is -3.66. The molecule has 0 saturated carbocycles. The van der Waals surface area contributed by atoms with E-state index in [1.165, 1.54) is 30.3 Å². The number of nitrogens with two attached hydrogens (primary N) is 1. The molecule has 0 fully saturated rings. The fraction of sp³-hybridized carbons (Fsp3) is 0.0667. The fourth-order valence-electron chi connectivity index (χ4n) is 1.77. The second-order valence-corrected chi connectivity index (χ2v) is 6.59. The van der Waals surface area contributed by atoms with Crippen molar-refractivity contribution in [3.05, 3.63) is 66.0 Å². The molecule has 0 radical (unpaired) electrons. The summed E-state index contributed by atoms with van der Waals surface area (Å²) >= 11 is 0. The second-order valence-electron chi connectivity index (χ2n) is 4.60. The Hall–Kier alpha value is -2.74. The molecule has 0 heterocycles. The zero-order valence-corrected chi connectivity index (χ0v) is 12.8. The molecule has 1 amide bonds. The zero-order chi connectivity index (χ0) is 16.9. The molecule has 0 aromatic heterocycles. The monoisotopic (exact) mass is 335 g/mol. The molecule has 0 aliphatic rings. The zero-order valence-electron chi connectivity index (χ0n) is 11.9. The third kappa shape index (κ3) is 4.36. The molecule has 0 spiro atoms. The first-order valence-corrected chi connectivity index (χ1v) is 8.20. The molecule has 8 heteroatoms. The summed E-state index contributed by atoms with van der Waals surface area (Å²) in [6.07, 6.45) is 0. The van der Waals surface area contributed by atoms with Crippen LogP contribution in [0.25, 0.3) is 0 Å². The van der Waals surface area contributed by atoms with Gasteiger partial charge in [0.15, 0.2) is 9.84 Å². The number of hydrogen-bond donors (Lipinski definition) is 2. The number of carbonyl (C=O) groups is 1. The van der Waals surface area contributed by atoms with Gasteiger partial charge in [0.1, 0.15) is 17.4 Å². The number of rotatable bonds is 5. The van der Waals surface area contributed by atoms with E-state index in [9.17, 15) is 17.6 Å². The van der Waals surface area contributed by atoms with Crippen molar-refractivity contribution in [3.63, 3.8) is 0 Å². The van der Waals surface area contributed by atoms with Gasteiger partial charge in [-0.2, -0.15) is 5.10 Å².